The summed E-state index contributed by atoms with van der Waals surface area (Å²) in [6.45, 7) is 5.81. The van der Waals surface area contributed by atoms with Crippen molar-refractivity contribution in [2.24, 2.45) is 4.99 Å². The first-order valence-electron chi connectivity index (χ1n) is 8.70. The summed E-state index contributed by atoms with van der Waals surface area (Å²) in [5.41, 5.74) is 2.21. The Morgan fingerprint density at radius 3 is 2.64 bits per heavy atom. The molecule has 0 aromatic heterocycles. The molecule has 0 heterocycles. The summed E-state index contributed by atoms with van der Waals surface area (Å²) in [5.74, 6) is 1.53. The van der Waals surface area contributed by atoms with Crippen LogP contribution in [0.5, 0.6) is 5.75 Å². The Hall–Kier alpha value is -1.76. The number of sulfone groups is 1. The Morgan fingerprint density at radius 2 is 2.00 bits per heavy atom. The van der Waals surface area contributed by atoms with E-state index in [4.69, 9.17) is 4.74 Å². The number of nitrogens with zero attached hydrogens (tertiary/aromatic N) is 1. The molecule has 0 saturated heterocycles. The van der Waals surface area contributed by atoms with Gasteiger partial charge in [-0.25, -0.2) is 8.42 Å². The van der Waals surface area contributed by atoms with Crippen molar-refractivity contribution in [3.8, 4) is 5.75 Å². The highest BCUT2D eigenvalue weighted by atomic mass is 32.2. The van der Waals surface area contributed by atoms with E-state index in [9.17, 15) is 8.42 Å². The molecule has 0 aliphatic rings. The number of guanidine groups is 1. The van der Waals surface area contributed by atoms with Gasteiger partial charge in [0.05, 0.1) is 12.4 Å². The lowest BCUT2D eigenvalue weighted by Gasteiger charge is -2.15. The summed E-state index contributed by atoms with van der Waals surface area (Å²) in [5, 5.41) is 6.20. The summed E-state index contributed by atoms with van der Waals surface area (Å²) in [6, 6.07) is 6.14. The predicted octanol–water partition coefficient (Wildman–Crippen LogP) is 2.27. The molecule has 1 aromatic rings. The zero-order valence-electron chi connectivity index (χ0n) is 15.8. The number of aryl methyl sites for hydroxylation is 1. The van der Waals surface area contributed by atoms with Crippen molar-refractivity contribution in [3.63, 3.8) is 0 Å². The average Bonchev–Trinajstić information content (AvgIpc) is 2.55. The minimum absolute atomic E-state index is 0.0734. The first kappa shape index (κ1) is 21.3. The van der Waals surface area contributed by atoms with Crippen LogP contribution in [-0.4, -0.2) is 46.6 Å². The molecular weight excluding hydrogens is 338 g/mol. The second kappa shape index (κ2) is 11.0. The molecule has 0 fully saturated rings. The number of nitrogens with one attached hydrogen (secondary N) is 2. The molecular formula is C18H31N3O3S. The fourth-order valence-electron chi connectivity index (χ4n) is 2.23. The number of ether oxygens (including phenoxy) is 1. The number of hydrogen-bond acceptors (Lipinski definition) is 4. The van der Waals surface area contributed by atoms with Crippen molar-refractivity contribution in [2.45, 2.75) is 39.7 Å². The smallest absolute Gasteiger partial charge is 0.191 e. The summed E-state index contributed by atoms with van der Waals surface area (Å²) in [6.07, 6.45) is 4.60. The average molecular weight is 370 g/mol. The van der Waals surface area contributed by atoms with Gasteiger partial charge in [-0.05, 0) is 25.0 Å². The summed E-state index contributed by atoms with van der Waals surface area (Å²) in [4.78, 5) is 4.12. The summed E-state index contributed by atoms with van der Waals surface area (Å²) >= 11 is 0. The molecule has 0 saturated carbocycles. The van der Waals surface area contributed by atoms with Crippen molar-refractivity contribution in [1.82, 2.24) is 10.6 Å². The molecule has 0 atom stereocenters. The second-order valence-electron chi connectivity index (χ2n) is 6.15. The number of aliphatic imine (C=N–C) groups is 1. The van der Waals surface area contributed by atoms with Gasteiger partial charge in [-0.15, -0.1) is 0 Å². The zero-order valence-corrected chi connectivity index (χ0v) is 16.6. The van der Waals surface area contributed by atoms with Crippen molar-refractivity contribution in [1.29, 1.82) is 0 Å². The van der Waals surface area contributed by atoms with Crippen LogP contribution in [0.1, 0.15) is 37.3 Å². The highest BCUT2D eigenvalue weighted by Gasteiger charge is 2.07. The molecule has 1 rings (SSSR count). The lowest BCUT2D eigenvalue weighted by atomic mass is 10.1. The topological polar surface area (TPSA) is 79.8 Å². The number of unbranched alkanes of at least 4 members (excludes halogenated alkanes) is 2. The van der Waals surface area contributed by atoms with Crippen molar-refractivity contribution in [2.75, 3.05) is 32.2 Å². The third-order valence-corrected chi connectivity index (χ3v) is 4.61. The van der Waals surface area contributed by atoms with Gasteiger partial charge in [0.2, 0.25) is 0 Å². The van der Waals surface area contributed by atoms with Crippen LogP contribution in [0.15, 0.2) is 23.2 Å². The third kappa shape index (κ3) is 9.34. The molecule has 0 spiro atoms. The maximum atomic E-state index is 11.2. The van der Waals surface area contributed by atoms with E-state index in [1.807, 2.05) is 19.1 Å². The Kier molecular flexibility index (Phi) is 9.34. The van der Waals surface area contributed by atoms with Crippen LogP contribution < -0.4 is 15.4 Å². The highest BCUT2D eigenvalue weighted by molar-refractivity contribution is 7.90. The van der Waals surface area contributed by atoms with Gasteiger partial charge >= 0.3 is 0 Å². The highest BCUT2D eigenvalue weighted by Crippen LogP contribution is 2.20. The van der Waals surface area contributed by atoms with Crippen LogP contribution in [-0.2, 0) is 16.4 Å². The van der Waals surface area contributed by atoms with E-state index >= 15 is 0 Å². The molecule has 0 bridgehead atoms. The van der Waals surface area contributed by atoms with Crippen LogP contribution in [0.3, 0.4) is 0 Å². The number of benzene rings is 1. The van der Waals surface area contributed by atoms with Gasteiger partial charge in [0.25, 0.3) is 0 Å². The van der Waals surface area contributed by atoms with Crippen molar-refractivity contribution >= 4 is 15.8 Å². The maximum absolute atomic E-state index is 11.2. The third-order valence-electron chi connectivity index (χ3n) is 3.66. The summed E-state index contributed by atoms with van der Waals surface area (Å²) < 4.78 is 28.3. The molecule has 0 aliphatic carbocycles. The van der Waals surface area contributed by atoms with E-state index in [1.165, 1.54) is 12.7 Å². The number of rotatable bonds is 10. The Labute approximate surface area is 152 Å². The van der Waals surface area contributed by atoms with E-state index in [2.05, 4.69) is 28.6 Å². The molecule has 142 valence electrons. The SMILES string of the molecule is CCCCCOc1cc(C)ccc1CNC(=NC)NCCS(C)(=O)=O. The first-order chi connectivity index (χ1) is 11.9. The van der Waals surface area contributed by atoms with Crippen molar-refractivity contribution < 1.29 is 13.2 Å². The van der Waals surface area contributed by atoms with E-state index in [1.54, 1.807) is 7.05 Å². The monoisotopic (exact) mass is 369 g/mol. The van der Waals surface area contributed by atoms with E-state index < -0.39 is 9.84 Å². The van der Waals surface area contributed by atoms with Gasteiger partial charge in [-0.1, -0.05) is 31.9 Å². The first-order valence-corrected chi connectivity index (χ1v) is 10.8. The normalized spacial score (nSPS) is 12.1. The van der Waals surface area contributed by atoms with Gasteiger partial charge in [0.1, 0.15) is 15.6 Å². The number of hydrogen-bond donors (Lipinski definition) is 2. The van der Waals surface area contributed by atoms with Gasteiger partial charge in [0.15, 0.2) is 5.96 Å². The maximum Gasteiger partial charge on any atom is 0.191 e. The minimum atomic E-state index is -2.99. The zero-order chi connectivity index (χ0) is 18.7. The molecule has 0 aliphatic heterocycles. The van der Waals surface area contributed by atoms with Crippen LogP contribution in [0.25, 0.3) is 0 Å². The van der Waals surface area contributed by atoms with Crippen LogP contribution in [0, 0.1) is 6.92 Å². The van der Waals surface area contributed by atoms with E-state index in [-0.39, 0.29) is 5.75 Å². The predicted molar refractivity (Wildman–Crippen MR) is 104 cm³/mol. The Balaban J connectivity index is 2.59. The van der Waals surface area contributed by atoms with Gasteiger partial charge in [-0.2, -0.15) is 0 Å². The van der Waals surface area contributed by atoms with Gasteiger partial charge in [-0.3, -0.25) is 4.99 Å². The largest absolute Gasteiger partial charge is 0.493 e. The molecule has 2 N–H and O–H groups in total. The lowest BCUT2D eigenvalue weighted by Crippen LogP contribution is -2.39. The van der Waals surface area contributed by atoms with Gasteiger partial charge in [0, 0.05) is 32.0 Å². The standard InChI is InChI=1S/C18H31N3O3S/c1-5-6-7-11-24-17-13-15(2)8-9-16(17)14-21-18(19-3)20-10-12-25(4,22)23/h8-9,13H,5-7,10-12,14H2,1-4H3,(H2,19,20,21). The van der Waals surface area contributed by atoms with Crippen LogP contribution >= 0.6 is 0 Å². The fourth-order valence-corrected chi connectivity index (χ4v) is 2.70. The van der Waals surface area contributed by atoms with Gasteiger partial charge < -0.3 is 15.4 Å². The van der Waals surface area contributed by atoms with Crippen LogP contribution in [0.4, 0.5) is 0 Å². The molecule has 7 heteroatoms. The molecule has 0 amide bonds. The second-order valence-corrected chi connectivity index (χ2v) is 8.41. The molecule has 6 nitrogen and oxygen atoms in total. The molecule has 25 heavy (non-hydrogen) atoms. The van der Waals surface area contributed by atoms with E-state index in [0.717, 1.165) is 29.7 Å². The minimum Gasteiger partial charge on any atom is -0.493 e. The fraction of sp³-hybridized carbons (Fsp3) is 0.611. The van der Waals surface area contributed by atoms with E-state index in [0.29, 0.717) is 25.7 Å². The molecule has 0 unspecified atom stereocenters. The lowest BCUT2D eigenvalue weighted by molar-refractivity contribution is 0.303. The Morgan fingerprint density at radius 1 is 1.24 bits per heavy atom. The Bertz CT molecular complexity index is 658. The summed E-state index contributed by atoms with van der Waals surface area (Å²) in [7, 11) is -1.33. The van der Waals surface area contributed by atoms with Crippen molar-refractivity contribution in [3.05, 3.63) is 29.3 Å². The molecule has 0 radical (unpaired) electrons. The van der Waals surface area contributed by atoms with Crippen LogP contribution in [0.2, 0.25) is 0 Å². The molecule has 1 aromatic carbocycles. The quantitative estimate of drug-likeness (QED) is 0.376.